The van der Waals surface area contributed by atoms with Crippen LogP contribution < -0.4 is 10.6 Å². The number of nitrogens with one attached hydrogen (secondary N) is 2. The van der Waals surface area contributed by atoms with Gasteiger partial charge < -0.3 is 5.32 Å². The molecule has 0 saturated carbocycles. The Labute approximate surface area is 150 Å². The molecule has 0 aromatic heterocycles. The fourth-order valence-electron chi connectivity index (χ4n) is 2.91. The molecular formula is C17H25Cl2N3O. The van der Waals surface area contributed by atoms with E-state index in [0.29, 0.717) is 6.54 Å². The van der Waals surface area contributed by atoms with Crippen molar-refractivity contribution in [3.05, 3.63) is 47.5 Å². The third-order valence-corrected chi connectivity index (χ3v) is 4.16. The first-order chi connectivity index (χ1) is 10.3. The van der Waals surface area contributed by atoms with Crippen LogP contribution in [0.3, 0.4) is 0 Å². The lowest BCUT2D eigenvalue weighted by atomic mass is 10.1. The Kier molecular flexibility index (Phi) is 8.63. The second kappa shape index (κ2) is 9.93. The van der Waals surface area contributed by atoms with Gasteiger partial charge in [-0.3, -0.25) is 15.0 Å². The number of nitrogens with zero attached hydrogens (tertiary/aromatic N) is 1. The number of hydrogen-bond acceptors (Lipinski definition) is 3. The highest BCUT2D eigenvalue weighted by atomic mass is 35.5. The smallest absolute Gasteiger partial charge is 0.241 e. The molecule has 2 aliphatic heterocycles. The molecule has 1 fully saturated rings. The maximum atomic E-state index is 11.9. The van der Waals surface area contributed by atoms with Crippen LogP contribution in [0.5, 0.6) is 0 Å². The van der Waals surface area contributed by atoms with Gasteiger partial charge in [0.1, 0.15) is 6.04 Å². The van der Waals surface area contributed by atoms with Gasteiger partial charge in [0.25, 0.3) is 0 Å². The van der Waals surface area contributed by atoms with Crippen molar-refractivity contribution in [3.63, 3.8) is 0 Å². The van der Waals surface area contributed by atoms with Gasteiger partial charge in [-0.05, 0) is 37.1 Å². The van der Waals surface area contributed by atoms with E-state index in [0.717, 1.165) is 18.7 Å². The van der Waals surface area contributed by atoms with Crippen LogP contribution in [-0.2, 0) is 17.9 Å². The third-order valence-electron chi connectivity index (χ3n) is 4.16. The van der Waals surface area contributed by atoms with E-state index in [-0.39, 0.29) is 36.8 Å². The second-order valence-corrected chi connectivity index (χ2v) is 5.83. The number of hydrogen-bond donors (Lipinski definition) is 2. The minimum absolute atomic E-state index is 0. The molecule has 3 rings (SSSR count). The molecule has 0 radical (unpaired) electrons. The first kappa shape index (κ1) is 20.0. The summed E-state index contributed by atoms with van der Waals surface area (Å²) in [6, 6.07) is 8.41. The number of carbonyl (C=O) groups excluding carboxylic acids is 1. The Morgan fingerprint density at radius 2 is 1.78 bits per heavy atom. The summed E-state index contributed by atoms with van der Waals surface area (Å²) in [5.41, 5.74) is 2.50. The zero-order valence-electron chi connectivity index (χ0n) is 13.2. The Morgan fingerprint density at radius 3 is 2.39 bits per heavy atom. The Morgan fingerprint density at radius 1 is 1.13 bits per heavy atom. The average molecular weight is 358 g/mol. The molecule has 1 unspecified atom stereocenters. The van der Waals surface area contributed by atoms with Crippen LogP contribution in [-0.4, -0.2) is 36.5 Å². The van der Waals surface area contributed by atoms with E-state index in [1.807, 2.05) is 12.2 Å². The number of halogens is 2. The zero-order chi connectivity index (χ0) is 14.5. The van der Waals surface area contributed by atoms with Crippen LogP contribution >= 0.6 is 24.8 Å². The summed E-state index contributed by atoms with van der Waals surface area (Å²) in [4.78, 5) is 14.4. The molecule has 1 saturated heterocycles. The standard InChI is InChI=1S/C17H23N3O.2ClH/c21-17(16-4-3-9-18-16)19-12-14-5-7-15(8-6-14)13-20-10-1-2-11-20;;/h3-8,16,18H,1-2,9-13H2,(H,19,21);2*1H. The van der Waals surface area contributed by atoms with E-state index >= 15 is 0 Å². The SMILES string of the molecule is Cl.Cl.O=C(NCc1ccc(CN2CCCC2)cc1)C1C=CCN1. The number of amides is 1. The predicted molar refractivity (Wildman–Crippen MR) is 98.2 cm³/mol. The Bertz CT molecular complexity index is 513. The number of benzene rings is 1. The van der Waals surface area contributed by atoms with Gasteiger partial charge in [0.2, 0.25) is 5.91 Å². The second-order valence-electron chi connectivity index (χ2n) is 5.83. The van der Waals surface area contributed by atoms with Crippen molar-refractivity contribution in [2.45, 2.75) is 32.0 Å². The van der Waals surface area contributed by atoms with E-state index in [2.05, 4.69) is 39.8 Å². The van der Waals surface area contributed by atoms with Crippen molar-refractivity contribution in [1.29, 1.82) is 0 Å². The first-order valence-electron chi connectivity index (χ1n) is 7.79. The fraction of sp³-hybridized carbons (Fsp3) is 0.471. The number of rotatable bonds is 5. The normalized spacial score (nSPS) is 19.9. The molecule has 1 aromatic rings. The van der Waals surface area contributed by atoms with Crippen molar-refractivity contribution in [2.24, 2.45) is 0 Å². The maximum absolute atomic E-state index is 11.9. The molecule has 1 amide bonds. The summed E-state index contributed by atoms with van der Waals surface area (Å²) in [5.74, 6) is 0.0462. The maximum Gasteiger partial charge on any atom is 0.241 e. The third kappa shape index (κ3) is 5.81. The quantitative estimate of drug-likeness (QED) is 0.794. The lowest BCUT2D eigenvalue weighted by Gasteiger charge is -2.15. The summed E-state index contributed by atoms with van der Waals surface area (Å²) < 4.78 is 0. The molecule has 1 atom stereocenters. The van der Waals surface area contributed by atoms with Crippen LogP contribution in [0.25, 0.3) is 0 Å². The van der Waals surface area contributed by atoms with Crippen LogP contribution in [0.1, 0.15) is 24.0 Å². The van der Waals surface area contributed by atoms with Crippen molar-refractivity contribution in [1.82, 2.24) is 15.5 Å². The van der Waals surface area contributed by atoms with Gasteiger partial charge in [0.15, 0.2) is 0 Å². The molecule has 2 heterocycles. The highest BCUT2D eigenvalue weighted by Gasteiger charge is 2.16. The molecular weight excluding hydrogens is 333 g/mol. The van der Waals surface area contributed by atoms with E-state index in [1.165, 1.54) is 31.5 Å². The highest BCUT2D eigenvalue weighted by molar-refractivity contribution is 5.85. The number of likely N-dealkylation sites (tertiary alicyclic amines) is 1. The number of carbonyl (C=O) groups is 1. The summed E-state index contributed by atoms with van der Waals surface area (Å²) >= 11 is 0. The Balaban J connectivity index is 0.00000132. The van der Waals surface area contributed by atoms with E-state index in [9.17, 15) is 4.79 Å². The van der Waals surface area contributed by atoms with Crippen LogP contribution in [0.4, 0.5) is 0 Å². The predicted octanol–water partition coefficient (Wildman–Crippen LogP) is 2.27. The lowest BCUT2D eigenvalue weighted by molar-refractivity contribution is -0.122. The van der Waals surface area contributed by atoms with Gasteiger partial charge in [0, 0.05) is 19.6 Å². The molecule has 6 heteroatoms. The van der Waals surface area contributed by atoms with Gasteiger partial charge in [0.05, 0.1) is 0 Å². The van der Waals surface area contributed by atoms with Gasteiger partial charge in [-0.2, -0.15) is 0 Å². The molecule has 4 nitrogen and oxygen atoms in total. The summed E-state index contributed by atoms with van der Waals surface area (Å²) in [5, 5.41) is 6.08. The fourth-order valence-corrected chi connectivity index (χ4v) is 2.91. The minimum Gasteiger partial charge on any atom is -0.350 e. The zero-order valence-corrected chi connectivity index (χ0v) is 14.8. The van der Waals surface area contributed by atoms with E-state index in [4.69, 9.17) is 0 Å². The van der Waals surface area contributed by atoms with Gasteiger partial charge in [-0.1, -0.05) is 36.4 Å². The minimum atomic E-state index is -0.167. The van der Waals surface area contributed by atoms with Gasteiger partial charge in [-0.25, -0.2) is 0 Å². The molecule has 23 heavy (non-hydrogen) atoms. The summed E-state index contributed by atoms with van der Waals surface area (Å²) in [7, 11) is 0. The molecule has 2 aliphatic rings. The van der Waals surface area contributed by atoms with Gasteiger partial charge >= 0.3 is 0 Å². The van der Waals surface area contributed by atoms with Crippen molar-refractivity contribution in [2.75, 3.05) is 19.6 Å². The molecule has 1 aromatic carbocycles. The molecule has 0 bridgehead atoms. The molecule has 128 valence electrons. The lowest BCUT2D eigenvalue weighted by Crippen LogP contribution is -2.40. The van der Waals surface area contributed by atoms with Crippen molar-refractivity contribution >= 4 is 30.7 Å². The van der Waals surface area contributed by atoms with E-state index in [1.54, 1.807) is 0 Å². The van der Waals surface area contributed by atoms with Crippen LogP contribution in [0.15, 0.2) is 36.4 Å². The summed E-state index contributed by atoms with van der Waals surface area (Å²) in [6.07, 6.45) is 6.55. The van der Waals surface area contributed by atoms with Gasteiger partial charge in [-0.15, -0.1) is 24.8 Å². The molecule has 0 aliphatic carbocycles. The van der Waals surface area contributed by atoms with Crippen LogP contribution in [0.2, 0.25) is 0 Å². The monoisotopic (exact) mass is 357 g/mol. The van der Waals surface area contributed by atoms with E-state index < -0.39 is 0 Å². The Hall–Kier alpha value is -1.07. The van der Waals surface area contributed by atoms with Crippen molar-refractivity contribution < 1.29 is 4.79 Å². The highest BCUT2D eigenvalue weighted by Crippen LogP contribution is 2.13. The molecule has 0 spiro atoms. The average Bonchev–Trinajstić information content (AvgIpc) is 3.19. The summed E-state index contributed by atoms with van der Waals surface area (Å²) in [6.45, 7) is 4.86. The van der Waals surface area contributed by atoms with Crippen molar-refractivity contribution in [3.8, 4) is 0 Å². The first-order valence-corrected chi connectivity index (χ1v) is 7.79. The topological polar surface area (TPSA) is 44.4 Å². The largest absolute Gasteiger partial charge is 0.350 e. The van der Waals surface area contributed by atoms with Crippen LogP contribution in [0, 0.1) is 0 Å². The molecule has 2 N–H and O–H groups in total.